The van der Waals surface area contributed by atoms with Gasteiger partial charge in [0.05, 0.1) is 13.0 Å². The lowest BCUT2D eigenvalue weighted by atomic mass is 10.0. The summed E-state index contributed by atoms with van der Waals surface area (Å²) in [5.41, 5.74) is 1.36. The lowest BCUT2D eigenvalue weighted by Crippen LogP contribution is -2.61. The summed E-state index contributed by atoms with van der Waals surface area (Å²) in [6, 6.07) is 20.2. The Kier molecular flexibility index (Phi) is 9.61. The highest BCUT2D eigenvalue weighted by Gasteiger charge is 2.40. The molecule has 1 aromatic heterocycles. The maximum Gasteiger partial charge on any atom is 0.246 e. The number of hydrogen-bond acceptors (Lipinski definition) is 4. The van der Waals surface area contributed by atoms with Crippen LogP contribution in [0, 0.1) is 0 Å². The Labute approximate surface area is 231 Å². The van der Waals surface area contributed by atoms with Gasteiger partial charge in [-0.25, -0.2) is 0 Å². The third-order valence-corrected chi connectivity index (χ3v) is 7.79. The molecule has 1 saturated heterocycles. The van der Waals surface area contributed by atoms with Crippen molar-refractivity contribution in [3.05, 3.63) is 93.1 Å². The Bertz CT molecular complexity index is 1190. The van der Waals surface area contributed by atoms with E-state index in [2.05, 4.69) is 5.32 Å². The second kappa shape index (κ2) is 13.1. The van der Waals surface area contributed by atoms with Gasteiger partial charge < -0.3 is 15.1 Å². The fraction of sp³-hybridized carbons (Fsp3) is 0.321. The predicted molar refractivity (Wildman–Crippen MR) is 148 cm³/mol. The van der Waals surface area contributed by atoms with Crippen LogP contribution in [0.2, 0.25) is 5.02 Å². The van der Waals surface area contributed by atoms with Gasteiger partial charge in [0.1, 0.15) is 11.5 Å². The summed E-state index contributed by atoms with van der Waals surface area (Å²) in [6.07, 6.45) is 1.54. The number of hydrogen-bond donors (Lipinski definition) is 1. The molecule has 2 atom stereocenters. The zero-order valence-corrected chi connectivity index (χ0v) is 22.6. The molecule has 0 aliphatic carbocycles. The van der Waals surface area contributed by atoms with E-state index in [1.807, 2.05) is 60.0 Å². The monoisotopic (exact) mass is 557 g/mol. The molecule has 0 bridgehead atoms. The van der Waals surface area contributed by atoms with E-state index in [1.165, 1.54) is 0 Å². The van der Waals surface area contributed by atoms with Crippen LogP contribution in [-0.4, -0.2) is 58.7 Å². The second-order valence-corrected chi connectivity index (χ2v) is 11.0. The average molecular weight is 559 g/mol. The van der Waals surface area contributed by atoms with Gasteiger partial charge in [-0.15, -0.1) is 11.3 Å². The third kappa shape index (κ3) is 7.81. The number of thiophene rings is 1. The van der Waals surface area contributed by atoms with Crippen LogP contribution >= 0.6 is 34.5 Å². The first-order chi connectivity index (χ1) is 17.9. The third-order valence-electron chi connectivity index (χ3n) is 6.34. The minimum absolute atomic E-state index is 0.0168. The maximum absolute atomic E-state index is 13.5. The number of halogens is 2. The highest BCUT2D eigenvalue weighted by molar-refractivity contribution is 7.09. The highest BCUT2D eigenvalue weighted by atomic mass is 35.5. The van der Waals surface area contributed by atoms with Crippen LogP contribution in [0.3, 0.4) is 0 Å². The van der Waals surface area contributed by atoms with Crippen molar-refractivity contribution in [2.24, 2.45) is 0 Å². The molecule has 0 saturated carbocycles. The van der Waals surface area contributed by atoms with Crippen LogP contribution in [0.5, 0.6) is 0 Å². The molecular formula is C28H29Cl2N3O3S. The fourth-order valence-electron chi connectivity index (χ4n) is 4.40. The Morgan fingerprint density at radius 3 is 2.43 bits per heavy atom. The van der Waals surface area contributed by atoms with Crippen molar-refractivity contribution in [1.29, 1.82) is 0 Å². The maximum atomic E-state index is 13.5. The van der Waals surface area contributed by atoms with E-state index in [1.54, 1.807) is 33.3 Å². The minimum atomic E-state index is -0.864. The van der Waals surface area contributed by atoms with Gasteiger partial charge in [0.25, 0.3) is 0 Å². The van der Waals surface area contributed by atoms with Crippen molar-refractivity contribution in [3.63, 3.8) is 0 Å². The van der Waals surface area contributed by atoms with E-state index < -0.39 is 11.5 Å². The first-order valence-corrected chi connectivity index (χ1v) is 13.9. The Balaban J connectivity index is 1.42. The number of carbonyl (C=O) groups is 3. The smallest absolute Gasteiger partial charge is 0.246 e. The number of carbonyl (C=O) groups excluding carboxylic acids is 3. The van der Waals surface area contributed by atoms with Crippen molar-refractivity contribution in [3.8, 4) is 0 Å². The van der Waals surface area contributed by atoms with Gasteiger partial charge in [-0.3, -0.25) is 14.4 Å². The van der Waals surface area contributed by atoms with Crippen molar-refractivity contribution < 1.29 is 14.4 Å². The largest absolute Gasteiger partial charge is 0.340 e. The molecule has 37 heavy (non-hydrogen) atoms. The molecule has 2 heterocycles. The van der Waals surface area contributed by atoms with Gasteiger partial charge in [-0.2, -0.15) is 0 Å². The molecule has 0 spiro atoms. The normalized spacial score (nSPS) is 16.6. The summed E-state index contributed by atoms with van der Waals surface area (Å²) < 4.78 is 0. The van der Waals surface area contributed by atoms with Crippen molar-refractivity contribution in [2.45, 2.75) is 37.2 Å². The quantitative estimate of drug-likeness (QED) is 0.278. The SMILES string of the molecule is O=C(CC1C(=O)N(CCc2ccccc2)CC(=O)N1CCc1cccs1)NC(Cl)Cc1ccc(Cl)cc1. The van der Waals surface area contributed by atoms with Gasteiger partial charge in [0.15, 0.2) is 0 Å². The molecule has 6 nitrogen and oxygen atoms in total. The Hall–Kier alpha value is -2.87. The van der Waals surface area contributed by atoms with Crippen LogP contribution in [0.1, 0.15) is 22.4 Å². The number of amides is 3. The zero-order chi connectivity index (χ0) is 26.2. The fourth-order valence-corrected chi connectivity index (χ4v) is 5.52. The number of rotatable bonds is 11. The first kappa shape index (κ1) is 27.2. The van der Waals surface area contributed by atoms with Gasteiger partial charge in [-0.1, -0.05) is 71.7 Å². The van der Waals surface area contributed by atoms with Crippen LogP contribution in [0.25, 0.3) is 0 Å². The molecule has 2 aromatic carbocycles. The van der Waals surface area contributed by atoms with Crippen LogP contribution in [-0.2, 0) is 33.6 Å². The highest BCUT2D eigenvalue weighted by Crippen LogP contribution is 2.20. The van der Waals surface area contributed by atoms with Crippen LogP contribution < -0.4 is 5.32 Å². The molecule has 1 aliphatic rings. The molecule has 1 fully saturated rings. The summed E-state index contributed by atoms with van der Waals surface area (Å²) in [5.74, 6) is -0.725. The lowest BCUT2D eigenvalue weighted by Gasteiger charge is -2.40. The van der Waals surface area contributed by atoms with Crippen molar-refractivity contribution in [2.75, 3.05) is 19.6 Å². The Morgan fingerprint density at radius 1 is 0.973 bits per heavy atom. The minimum Gasteiger partial charge on any atom is -0.340 e. The summed E-state index contributed by atoms with van der Waals surface area (Å²) in [7, 11) is 0. The summed E-state index contributed by atoms with van der Waals surface area (Å²) >= 11 is 13.9. The van der Waals surface area contributed by atoms with E-state index in [9.17, 15) is 14.4 Å². The van der Waals surface area contributed by atoms with E-state index in [4.69, 9.17) is 23.2 Å². The summed E-state index contributed by atoms with van der Waals surface area (Å²) in [4.78, 5) is 43.9. The van der Waals surface area contributed by atoms with Gasteiger partial charge in [0, 0.05) is 29.4 Å². The summed E-state index contributed by atoms with van der Waals surface area (Å²) in [6.45, 7) is 0.813. The molecule has 4 rings (SSSR count). The number of nitrogens with zero attached hydrogens (tertiary/aromatic N) is 2. The van der Waals surface area contributed by atoms with Crippen LogP contribution in [0.15, 0.2) is 72.1 Å². The van der Waals surface area contributed by atoms with Gasteiger partial charge in [0.2, 0.25) is 17.7 Å². The van der Waals surface area contributed by atoms with E-state index >= 15 is 0 Å². The van der Waals surface area contributed by atoms with E-state index in [0.29, 0.717) is 37.4 Å². The molecule has 0 radical (unpaired) electrons. The molecule has 1 aliphatic heterocycles. The molecule has 3 amide bonds. The molecule has 3 aromatic rings. The van der Waals surface area contributed by atoms with Crippen LogP contribution in [0.4, 0.5) is 0 Å². The van der Waals surface area contributed by atoms with Gasteiger partial charge in [-0.05, 0) is 47.5 Å². The molecule has 9 heteroatoms. The number of nitrogens with one attached hydrogen (secondary N) is 1. The standard InChI is InChI=1S/C28H29Cl2N3O3S/c29-22-10-8-21(9-11-22)17-25(30)31-26(34)18-24-28(36)32(14-12-20-5-2-1-3-6-20)19-27(35)33(24)15-13-23-7-4-16-37-23/h1-11,16,24-25H,12-15,17-19H2,(H,31,34). The summed E-state index contributed by atoms with van der Waals surface area (Å²) in [5, 5.41) is 5.38. The first-order valence-electron chi connectivity index (χ1n) is 12.2. The zero-order valence-electron chi connectivity index (χ0n) is 20.3. The molecular weight excluding hydrogens is 529 g/mol. The molecule has 194 valence electrons. The number of benzene rings is 2. The molecule has 1 N–H and O–H groups in total. The lowest BCUT2D eigenvalue weighted by molar-refractivity contribution is -0.157. The van der Waals surface area contributed by atoms with Gasteiger partial charge >= 0.3 is 0 Å². The van der Waals surface area contributed by atoms with Crippen molar-refractivity contribution in [1.82, 2.24) is 15.1 Å². The predicted octanol–water partition coefficient (Wildman–Crippen LogP) is 4.54. The number of piperazine rings is 1. The van der Waals surface area contributed by atoms with Crippen molar-refractivity contribution >= 4 is 52.3 Å². The van der Waals surface area contributed by atoms with E-state index in [0.717, 1.165) is 16.0 Å². The number of alkyl halides is 1. The second-order valence-electron chi connectivity index (χ2n) is 9.00. The topological polar surface area (TPSA) is 69.7 Å². The molecule has 2 unspecified atom stereocenters. The Morgan fingerprint density at radius 2 is 1.73 bits per heavy atom. The average Bonchev–Trinajstić information content (AvgIpc) is 3.40. The van der Waals surface area contributed by atoms with E-state index in [-0.39, 0.29) is 30.7 Å².